The second kappa shape index (κ2) is 20.5. The number of halogens is 1. The molecule has 8 rings (SSSR count). The van der Waals surface area contributed by atoms with E-state index < -0.39 is 35.5 Å². The highest BCUT2D eigenvalue weighted by atomic mass is 79.9. The largest absolute Gasteiger partial charge is 0.444 e. The molecule has 0 aliphatic carbocycles. The van der Waals surface area contributed by atoms with Gasteiger partial charge in [0.15, 0.2) is 0 Å². The van der Waals surface area contributed by atoms with Crippen molar-refractivity contribution in [3.05, 3.63) is 92.3 Å². The number of thiophene rings is 2. The van der Waals surface area contributed by atoms with Gasteiger partial charge in [0.25, 0.3) is 0 Å². The number of alkyl halides is 1. The normalized spacial score (nSPS) is 18.3. The summed E-state index contributed by atoms with van der Waals surface area (Å²) in [5.41, 5.74) is 5.81. The fourth-order valence-electron chi connectivity index (χ4n) is 7.55. The van der Waals surface area contributed by atoms with Crippen molar-refractivity contribution in [2.45, 2.75) is 115 Å². The number of fused-ring (bicyclic) bond motifs is 2. The maximum Gasteiger partial charge on any atom is 0.408 e. The lowest BCUT2D eigenvalue weighted by Crippen LogP contribution is -2.53. The van der Waals surface area contributed by atoms with Crippen LogP contribution in [0.4, 0.5) is 32.3 Å². The molecule has 14 nitrogen and oxygen atoms in total. The lowest BCUT2D eigenvalue weighted by atomic mass is 9.95. The zero-order valence-electron chi connectivity index (χ0n) is 36.5. The van der Waals surface area contributed by atoms with Crippen LogP contribution in [-0.4, -0.2) is 72.2 Å². The number of anilines is 4. The lowest BCUT2D eigenvalue weighted by Gasteiger charge is -2.37. The molecular formula is C46H55BrN6O8S2. The van der Waals surface area contributed by atoms with Crippen LogP contribution in [0.25, 0.3) is 0 Å². The Morgan fingerprint density at radius 2 is 1.25 bits per heavy atom. The Morgan fingerprint density at radius 3 is 1.76 bits per heavy atom. The SMILES string of the molecule is BrCc1ccsc1.CC(C)(C)OC(=O)NC1Cc2cccc(N3CCCC3=O)c2N(Cc2ccsc2)C1=O.CC(C)(C)OC(=O)NC1Cc2cccc(N3CCCC3=O)c2NC1=O. The standard InChI is InChI=1S/C23H27N3O4S.C18H23N3O4.C5H5BrS/c1-23(2,3)30-22(29)24-17-12-16-6-4-7-18(25-10-5-8-19(25)27)20(16)26(21(17)28)13-15-9-11-31-14-15;1-18(2,3)25-17(24)19-12-10-11-6-4-7-13(15(11)20-16(12)23)21-9-5-8-14(21)22;6-3-5-1-2-7-4-5/h4,6-7,9,11,14,17H,5,8,10,12-13H2,1-3H3,(H,24,29);4,6-7,12H,5,8-10H2,1-3H3,(H,19,24)(H,20,23);1-2,4H,3H2. The van der Waals surface area contributed by atoms with E-state index in [2.05, 4.69) is 48.7 Å². The van der Waals surface area contributed by atoms with Crippen LogP contribution >= 0.6 is 38.6 Å². The van der Waals surface area contributed by atoms with Crippen LogP contribution < -0.4 is 30.7 Å². The van der Waals surface area contributed by atoms with Gasteiger partial charge in [-0.1, -0.05) is 40.2 Å². The Hall–Kier alpha value is -5.26. The maximum absolute atomic E-state index is 13.5. The minimum absolute atomic E-state index is 0.0663. The first-order valence-corrected chi connectivity index (χ1v) is 24.0. The molecule has 0 radical (unpaired) electrons. The van der Waals surface area contributed by atoms with Crippen LogP contribution in [0.5, 0.6) is 0 Å². The first-order chi connectivity index (χ1) is 29.9. The first-order valence-electron chi connectivity index (χ1n) is 20.9. The molecule has 2 fully saturated rings. The summed E-state index contributed by atoms with van der Waals surface area (Å²) >= 11 is 6.64. The topological polar surface area (TPSA) is 167 Å². The molecule has 4 aliphatic heterocycles. The minimum atomic E-state index is -0.731. The smallest absolute Gasteiger partial charge is 0.408 e. The molecule has 6 heterocycles. The highest BCUT2D eigenvalue weighted by Crippen LogP contribution is 2.40. The number of hydrogen-bond donors (Lipinski definition) is 3. The van der Waals surface area contributed by atoms with E-state index in [1.54, 1.807) is 78.9 Å². The summed E-state index contributed by atoms with van der Waals surface area (Å²) in [6.45, 7) is 12.3. The maximum atomic E-state index is 13.5. The molecule has 17 heteroatoms. The van der Waals surface area contributed by atoms with Crippen molar-refractivity contribution in [2.24, 2.45) is 0 Å². The number of carbonyl (C=O) groups is 6. The highest BCUT2D eigenvalue weighted by molar-refractivity contribution is 9.08. The number of para-hydroxylation sites is 2. The summed E-state index contributed by atoms with van der Waals surface area (Å²) in [5.74, 6) is -0.372. The Labute approximate surface area is 384 Å². The van der Waals surface area contributed by atoms with E-state index in [1.165, 1.54) is 5.56 Å². The van der Waals surface area contributed by atoms with Gasteiger partial charge in [0.2, 0.25) is 23.6 Å². The first kappa shape index (κ1) is 47.2. The van der Waals surface area contributed by atoms with Gasteiger partial charge in [-0.15, -0.1) is 0 Å². The van der Waals surface area contributed by atoms with Crippen molar-refractivity contribution in [1.82, 2.24) is 10.6 Å². The third kappa shape index (κ3) is 12.5. The van der Waals surface area contributed by atoms with Crippen LogP contribution in [0.3, 0.4) is 0 Å². The number of ether oxygens (including phenoxy) is 2. The molecule has 2 aromatic heterocycles. The van der Waals surface area contributed by atoms with E-state index in [1.807, 2.05) is 53.2 Å². The molecule has 336 valence electrons. The zero-order chi connectivity index (χ0) is 45.5. The number of carbonyl (C=O) groups excluding carboxylic acids is 6. The van der Waals surface area contributed by atoms with Crippen molar-refractivity contribution >= 4 is 97.2 Å². The molecule has 2 atom stereocenters. The van der Waals surface area contributed by atoms with E-state index in [0.717, 1.165) is 51.9 Å². The monoisotopic (exact) mass is 962 g/mol. The molecule has 6 amide bonds. The van der Waals surface area contributed by atoms with E-state index in [9.17, 15) is 28.8 Å². The highest BCUT2D eigenvalue weighted by Gasteiger charge is 2.39. The number of rotatable bonds is 7. The van der Waals surface area contributed by atoms with Crippen molar-refractivity contribution < 1.29 is 38.2 Å². The Morgan fingerprint density at radius 1 is 0.730 bits per heavy atom. The van der Waals surface area contributed by atoms with Gasteiger partial charge < -0.3 is 40.1 Å². The van der Waals surface area contributed by atoms with Gasteiger partial charge in [-0.25, -0.2) is 9.59 Å². The Bertz CT molecular complexity index is 2290. The fraction of sp³-hybridized carbons (Fsp3) is 0.435. The summed E-state index contributed by atoms with van der Waals surface area (Å²) in [5, 5.41) is 17.4. The second-order valence-electron chi connectivity index (χ2n) is 17.5. The summed E-state index contributed by atoms with van der Waals surface area (Å²) < 4.78 is 10.6. The van der Waals surface area contributed by atoms with E-state index >= 15 is 0 Å². The number of nitrogens with one attached hydrogen (secondary N) is 3. The molecule has 3 N–H and O–H groups in total. The number of nitrogens with zero attached hydrogens (tertiary/aromatic N) is 3. The van der Waals surface area contributed by atoms with Gasteiger partial charge in [-0.05, 0) is 122 Å². The molecule has 0 spiro atoms. The Kier molecular flexibility index (Phi) is 15.4. The van der Waals surface area contributed by atoms with Crippen molar-refractivity contribution in [3.63, 3.8) is 0 Å². The minimum Gasteiger partial charge on any atom is -0.444 e. The van der Waals surface area contributed by atoms with Gasteiger partial charge in [0, 0.05) is 44.1 Å². The summed E-state index contributed by atoms with van der Waals surface area (Å²) in [6.07, 6.45) is 2.14. The number of alkyl carbamates (subject to hydrolysis) is 2. The number of benzene rings is 2. The van der Waals surface area contributed by atoms with Gasteiger partial charge in [0.05, 0.1) is 29.3 Å². The van der Waals surface area contributed by atoms with Crippen LogP contribution in [0.2, 0.25) is 0 Å². The van der Waals surface area contributed by atoms with Gasteiger partial charge in [-0.3, -0.25) is 19.2 Å². The lowest BCUT2D eigenvalue weighted by molar-refractivity contribution is -0.121. The molecule has 0 saturated carbocycles. The molecule has 2 aromatic carbocycles. The van der Waals surface area contributed by atoms with Gasteiger partial charge in [0.1, 0.15) is 23.3 Å². The molecule has 4 aromatic rings. The average Bonchev–Trinajstić information content (AvgIpc) is 4.06. The van der Waals surface area contributed by atoms with E-state index in [4.69, 9.17) is 9.47 Å². The number of hydrogen-bond acceptors (Lipinski definition) is 10. The van der Waals surface area contributed by atoms with Crippen LogP contribution in [0.15, 0.2) is 70.1 Å². The quantitative estimate of drug-likeness (QED) is 0.155. The molecule has 0 bridgehead atoms. The Balaban J connectivity index is 0.000000184. The fourth-order valence-corrected chi connectivity index (χ4v) is 9.44. The zero-order valence-corrected chi connectivity index (χ0v) is 39.7. The van der Waals surface area contributed by atoms with E-state index in [0.29, 0.717) is 51.0 Å². The van der Waals surface area contributed by atoms with Crippen molar-refractivity contribution in [1.29, 1.82) is 0 Å². The second-order valence-corrected chi connectivity index (χ2v) is 19.6. The van der Waals surface area contributed by atoms with Gasteiger partial charge >= 0.3 is 12.2 Å². The molecular weight excluding hydrogens is 909 g/mol. The molecule has 2 saturated heterocycles. The van der Waals surface area contributed by atoms with E-state index in [-0.39, 0.29) is 23.6 Å². The summed E-state index contributed by atoms with van der Waals surface area (Å²) in [4.78, 5) is 79.9. The third-order valence-electron chi connectivity index (χ3n) is 10.2. The third-order valence-corrected chi connectivity index (χ3v) is 12.4. The van der Waals surface area contributed by atoms with Gasteiger partial charge in [-0.2, -0.15) is 22.7 Å². The number of amides is 6. The predicted octanol–water partition coefficient (Wildman–Crippen LogP) is 8.70. The van der Waals surface area contributed by atoms with Crippen molar-refractivity contribution in [3.8, 4) is 0 Å². The molecule has 63 heavy (non-hydrogen) atoms. The van der Waals surface area contributed by atoms with Crippen LogP contribution in [-0.2, 0) is 53.4 Å². The molecule has 4 aliphatic rings. The van der Waals surface area contributed by atoms with Crippen molar-refractivity contribution in [2.75, 3.05) is 33.1 Å². The van der Waals surface area contributed by atoms with Crippen LogP contribution in [0.1, 0.15) is 89.5 Å². The average molecular weight is 964 g/mol. The predicted molar refractivity (Wildman–Crippen MR) is 251 cm³/mol. The van der Waals surface area contributed by atoms with Crippen LogP contribution in [0, 0.1) is 0 Å². The molecule has 2 unspecified atom stereocenters. The summed E-state index contributed by atoms with van der Waals surface area (Å²) in [7, 11) is 0. The summed E-state index contributed by atoms with van der Waals surface area (Å²) in [6, 6.07) is 14.0.